The monoisotopic (exact) mass is 394 g/mol. The van der Waals surface area contributed by atoms with Crippen LogP contribution in [0.15, 0.2) is 29.8 Å². The summed E-state index contributed by atoms with van der Waals surface area (Å²) in [7, 11) is 0. The van der Waals surface area contributed by atoms with Crippen molar-refractivity contribution in [3.05, 3.63) is 52.1 Å². The lowest BCUT2D eigenvalue weighted by Crippen LogP contribution is -2.45. The Hall–Kier alpha value is -1.99. The average molecular weight is 395 g/mol. The summed E-state index contributed by atoms with van der Waals surface area (Å²) in [4.78, 5) is 18.4. The van der Waals surface area contributed by atoms with Gasteiger partial charge in [0.15, 0.2) is 0 Å². The van der Waals surface area contributed by atoms with Crippen LogP contribution in [0, 0.1) is 12.7 Å². The molecule has 3 rings (SSSR count). The van der Waals surface area contributed by atoms with Crippen LogP contribution in [-0.4, -0.2) is 32.9 Å². The lowest BCUT2D eigenvalue weighted by molar-refractivity contribution is 0.183. The van der Waals surface area contributed by atoms with Crippen LogP contribution in [0.4, 0.5) is 14.3 Å². The number of nitrogens with one attached hydrogen (secondary N) is 1. The highest BCUT2D eigenvalue weighted by Crippen LogP contribution is 2.24. The second-order valence-corrected chi connectivity index (χ2v) is 7.56. The molecule has 1 unspecified atom stereocenters. The van der Waals surface area contributed by atoms with Gasteiger partial charge in [-0.05, 0) is 50.8 Å². The van der Waals surface area contributed by atoms with Gasteiger partial charge in [0, 0.05) is 29.1 Å². The molecule has 2 amide bonds. The van der Waals surface area contributed by atoms with Crippen LogP contribution < -0.4 is 5.32 Å². The molecule has 1 N–H and O–H groups in total. The third kappa shape index (κ3) is 4.59. The Labute approximate surface area is 161 Å². The summed E-state index contributed by atoms with van der Waals surface area (Å²) in [5.41, 5.74) is 1.86. The van der Waals surface area contributed by atoms with E-state index in [9.17, 15) is 9.18 Å². The van der Waals surface area contributed by atoms with E-state index in [4.69, 9.17) is 11.6 Å². The van der Waals surface area contributed by atoms with Crippen molar-refractivity contribution in [1.29, 1.82) is 0 Å². The van der Waals surface area contributed by atoms with Gasteiger partial charge in [-0.3, -0.25) is 5.32 Å². The second kappa shape index (κ2) is 8.14. The van der Waals surface area contributed by atoms with Gasteiger partial charge in [0.1, 0.15) is 11.6 Å². The van der Waals surface area contributed by atoms with E-state index in [1.807, 2.05) is 6.92 Å². The molecule has 1 aliphatic heterocycles. The Morgan fingerprint density at radius 1 is 1.54 bits per heavy atom. The first-order valence-corrected chi connectivity index (χ1v) is 9.57. The number of halogens is 2. The van der Waals surface area contributed by atoms with E-state index in [-0.39, 0.29) is 17.9 Å². The van der Waals surface area contributed by atoms with Crippen LogP contribution in [0.3, 0.4) is 0 Å². The van der Waals surface area contributed by atoms with E-state index in [2.05, 4.69) is 20.8 Å². The predicted octanol–water partition coefficient (Wildman–Crippen LogP) is 4.82. The Morgan fingerprint density at radius 3 is 3.00 bits per heavy atom. The number of likely N-dealkylation sites (tertiary alicyclic amines) is 1. The highest BCUT2D eigenvalue weighted by atomic mass is 35.5. The van der Waals surface area contributed by atoms with Crippen molar-refractivity contribution in [3.63, 3.8) is 0 Å². The lowest BCUT2D eigenvalue weighted by atomic mass is 9.96. The number of carbonyl (C=O) groups excluding carboxylic acids is 1. The van der Waals surface area contributed by atoms with Gasteiger partial charge in [0.25, 0.3) is 0 Å². The zero-order valence-electron chi connectivity index (χ0n) is 14.6. The van der Waals surface area contributed by atoms with Gasteiger partial charge in [0.2, 0.25) is 5.13 Å². The molecule has 0 radical (unpaired) electrons. The fraction of sp³-hybridized carbons (Fsp3) is 0.389. The number of rotatable bonds is 3. The molecule has 5 nitrogen and oxygen atoms in total. The number of benzene rings is 1. The Balaban J connectivity index is 1.58. The third-order valence-corrected chi connectivity index (χ3v) is 5.35. The maximum Gasteiger partial charge on any atom is 0.323 e. The summed E-state index contributed by atoms with van der Waals surface area (Å²) in [6, 6.07) is 4.66. The molecule has 1 aromatic carbocycles. The fourth-order valence-corrected chi connectivity index (χ4v) is 3.74. The zero-order valence-corrected chi connectivity index (χ0v) is 16.2. The van der Waals surface area contributed by atoms with Gasteiger partial charge in [-0.1, -0.05) is 29.3 Å². The molecule has 138 valence electrons. The molecule has 1 aliphatic rings. The molecule has 2 aromatic rings. The number of amides is 2. The third-order valence-electron chi connectivity index (χ3n) is 4.39. The number of allylic oxidation sites excluding steroid dienone is 1. The number of urea groups is 1. The normalized spacial score (nSPS) is 19.0. The van der Waals surface area contributed by atoms with E-state index >= 15 is 0 Å². The Bertz CT molecular complexity index is 838. The van der Waals surface area contributed by atoms with Gasteiger partial charge in [0.05, 0.1) is 0 Å². The predicted molar refractivity (Wildman–Crippen MR) is 102 cm³/mol. The number of aromatic nitrogens is 2. The summed E-state index contributed by atoms with van der Waals surface area (Å²) >= 11 is 6.96. The molecule has 1 aromatic heterocycles. The number of nitrogens with zero attached hydrogens (tertiary/aromatic N) is 3. The minimum absolute atomic E-state index is 0.0686. The quantitative estimate of drug-likeness (QED) is 0.759. The minimum Gasteiger partial charge on any atom is -0.321 e. The summed E-state index contributed by atoms with van der Waals surface area (Å²) in [6.45, 7) is 4.43. The van der Waals surface area contributed by atoms with Crippen molar-refractivity contribution in [3.8, 4) is 0 Å². The smallest absolute Gasteiger partial charge is 0.321 e. The number of aryl methyl sites for hydroxylation is 1. The molecule has 1 fully saturated rings. The van der Waals surface area contributed by atoms with Crippen molar-refractivity contribution < 1.29 is 9.18 Å². The van der Waals surface area contributed by atoms with Crippen molar-refractivity contribution in [1.82, 2.24) is 14.3 Å². The zero-order chi connectivity index (χ0) is 18.7. The summed E-state index contributed by atoms with van der Waals surface area (Å²) in [6.07, 6.45) is 4.15. The molecule has 26 heavy (non-hydrogen) atoms. The molecule has 1 saturated heterocycles. The SMILES string of the molecule is Cc1nsc(NC(=O)N2CC/C(=C\Cc3ccc(Cl)cc3F)CC2C)n1. The summed E-state index contributed by atoms with van der Waals surface area (Å²) in [5.74, 6) is 0.364. The van der Waals surface area contributed by atoms with Gasteiger partial charge < -0.3 is 4.90 Å². The van der Waals surface area contributed by atoms with Crippen molar-refractivity contribution in [2.75, 3.05) is 11.9 Å². The van der Waals surface area contributed by atoms with E-state index < -0.39 is 0 Å². The van der Waals surface area contributed by atoms with E-state index in [0.717, 1.165) is 12.8 Å². The van der Waals surface area contributed by atoms with Crippen molar-refractivity contribution in [2.24, 2.45) is 0 Å². The van der Waals surface area contributed by atoms with Crippen molar-refractivity contribution >= 4 is 34.3 Å². The molecule has 8 heteroatoms. The largest absolute Gasteiger partial charge is 0.323 e. The molecule has 1 atom stereocenters. The highest BCUT2D eigenvalue weighted by molar-refractivity contribution is 7.09. The number of anilines is 1. The number of carbonyl (C=O) groups is 1. The molecule has 0 saturated carbocycles. The maximum absolute atomic E-state index is 13.9. The van der Waals surface area contributed by atoms with Crippen LogP contribution in [0.1, 0.15) is 31.2 Å². The maximum atomic E-state index is 13.9. The summed E-state index contributed by atoms with van der Waals surface area (Å²) in [5, 5.41) is 3.71. The first-order chi connectivity index (χ1) is 12.4. The number of hydrogen-bond acceptors (Lipinski definition) is 4. The van der Waals surface area contributed by atoms with Gasteiger partial charge in [-0.25, -0.2) is 14.2 Å². The molecular formula is C18H20ClFN4OS. The molecule has 0 aliphatic carbocycles. The van der Waals surface area contributed by atoms with Gasteiger partial charge in [-0.2, -0.15) is 4.37 Å². The van der Waals surface area contributed by atoms with Gasteiger partial charge >= 0.3 is 6.03 Å². The first-order valence-electron chi connectivity index (χ1n) is 8.42. The lowest BCUT2D eigenvalue weighted by Gasteiger charge is -2.34. The molecular weight excluding hydrogens is 375 g/mol. The van der Waals surface area contributed by atoms with E-state index in [1.54, 1.807) is 24.0 Å². The van der Waals surface area contributed by atoms with Crippen LogP contribution >= 0.6 is 23.1 Å². The fourth-order valence-electron chi connectivity index (χ4n) is 3.02. The minimum atomic E-state index is -0.286. The number of piperidine rings is 1. The van der Waals surface area contributed by atoms with Crippen LogP contribution in [0.5, 0.6) is 0 Å². The topological polar surface area (TPSA) is 58.1 Å². The first kappa shape index (κ1) is 18.8. The number of hydrogen-bond donors (Lipinski definition) is 1. The van der Waals surface area contributed by atoms with Crippen LogP contribution in [-0.2, 0) is 6.42 Å². The van der Waals surface area contributed by atoms with Crippen LogP contribution in [0.25, 0.3) is 0 Å². The second-order valence-electron chi connectivity index (χ2n) is 6.38. The van der Waals surface area contributed by atoms with E-state index in [0.29, 0.717) is 34.5 Å². The molecule has 2 heterocycles. The molecule has 0 spiro atoms. The van der Waals surface area contributed by atoms with E-state index in [1.165, 1.54) is 23.2 Å². The molecule has 0 bridgehead atoms. The van der Waals surface area contributed by atoms with Crippen molar-refractivity contribution in [2.45, 2.75) is 39.2 Å². The Morgan fingerprint density at radius 2 is 2.35 bits per heavy atom. The summed E-state index contributed by atoms with van der Waals surface area (Å²) < 4.78 is 17.9. The van der Waals surface area contributed by atoms with Crippen LogP contribution in [0.2, 0.25) is 5.02 Å². The Kier molecular flexibility index (Phi) is 5.88. The van der Waals surface area contributed by atoms with Gasteiger partial charge in [-0.15, -0.1) is 0 Å². The highest BCUT2D eigenvalue weighted by Gasteiger charge is 2.26. The standard InChI is InChI=1S/C18H20ClFN4OS/c1-11-9-13(3-4-14-5-6-15(19)10-16(14)20)7-8-24(11)18(25)22-17-21-12(2)23-26-17/h3,5-6,10-11H,4,7-9H2,1-2H3,(H,21,22,23,25)/b13-3+. The average Bonchev–Trinajstić information content (AvgIpc) is 2.99.